The van der Waals surface area contributed by atoms with E-state index in [9.17, 15) is 4.79 Å². The van der Waals surface area contributed by atoms with Gasteiger partial charge in [0, 0.05) is 25.8 Å². The summed E-state index contributed by atoms with van der Waals surface area (Å²) in [4.78, 5) is 18.5. The van der Waals surface area contributed by atoms with Crippen LogP contribution in [0.1, 0.15) is 44.0 Å². The molecule has 1 aromatic rings. The number of rotatable bonds is 7. The SMILES string of the molecule is CCCNc1ncccc1C(=O)N(CC)CCC. The smallest absolute Gasteiger partial charge is 0.257 e. The molecule has 0 spiro atoms. The molecule has 1 aromatic heterocycles. The first-order valence-electron chi connectivity index (χ1n) is 6.72. The van der Waals surface area contributed by atoms with Gasteiger partial charge in [-0.1, -0.05) is 13.8 Å². The van der Waals surface area contributed by atoms with Crippen molar-refractivity contribution >= 4 is 11.7 Å². The topological polar surface area (TPSA) is 45.2 Å². The lowest BCUT2D eigenvalue weighted by Crippen LogP contribution is -2.32. The van der Waals surface area contributed by atoms with Crippen molar-refractivity contribution < 1.29 is 4.79 Å². The number of nitrogens with zero attached hydrogens (tertiary/aromatic N) is 2. The number of pyridine rings is 1. The van der Waals surface area contributed by atoms with Crippen LogP contribution in [-0.4, -0.2) is 35.4 Å². The predicted molar refractivity (Wildman–Crippen MR) is 74.9 cm³/mol. The molecule has 0 saturated carbocycles. The summed E-state index contributed by atoms with van der Waals surface area (Å²) in [6, 6.07) is 3.65. The molecular weight excluding hydrogens is 226 g/mol. The molecule has 0 unspecified atom stereocenters. The second-order valence-corrected chi connectivity index (χ2v) is 4.21. The second-order valence-electron chi connectivity index (χ2n) is 4.21. The third kappa shape index (κ3) is 3.72. The van der Waals surface area contributed by atoms with Crippen LogP contribution in [0.15, 0.2) is 18.3 Å². The Bertz CT molecular complexity index is 379. The molecule has 0 aliphatic carbocycles. The number of amides is 1. The van der Waals surface area contributed by atoms with Gasteiger partial charge < -0.3 is 10.2 Å². The average Bonchev–Trinajstić information content (AvgIpc) is 2.42. The van der Waals surface area contributed by atoms with Crippen LogP contribution >= 0.6 is 0 Å². The van der Waals surface area contributed by atoms with E-state index in [4.69, 9.17) is 0 Å². The van der Waals surface area contributed by atoms with Crippen LogP contribution in [0.25, 0.3) is 0 Å². The molecule has 0 radical (unpaired) electrons. The summed E-state index contributed by atoms with van der Waals surface area (Å²) in [5, 5.41) is 3.21. The minimum absolute atomic E-state index is 0.0612. The van der Waals surface area contributed by atoms with Gasteiger partial charge in [0.2, 0.25) is 0 Å². The van der Waals surface area contributed by atoms with Crippen LogP contribution in [0.3, 0.4) is 0 Å². The Balaban J connectivity index is 2.89. The van der Waals surface area contributed by atoms with Crippen molar-refractivity contribution in [3.05, 3.63) is 23.9 Å². The van der Waals surface area contributed by atoms with E-state index < -0.39 is 0 Å². The van der Waals surface area contributed by atoms with Crippen LogP contribution in [0.5, 0.6) is 0 Å². The minimum Gasteiger partial charge on any atom is -0.369 e. The van der Waals surface area contributed by atoms with Crippen LogP contribution in [-0.2, 0) is 0 Å². The number of nitrogens with one attached hydrogen (secondary N) is 1. The molecule has 0 aliphatic heterocycles. The van der Waals surface area contributed by atoms with Gasteiger partial charge in [-0.3, -0.25) is 4.79 Å². The van der Waals surface area contributed by atoms with E-state index in [0.29, 0.717) is 11.4 Å². The molecular formula is C14H23N3O. The number of carbonyl (C=O) groups excluding carboxylic acids is 1. The fourth-order valence-corrected chi connectivity index (χ4v) is 1.81. The molecule has 1 amide bonds. The first-order valence-corrected chi connectivity index (χ1v) is 6.72. The van der Waals surface area contributed by atoms with Gasteiger partial charge in [-0.05, 0) is 31.9 Å². The lowest BCUT2D eigenvalue weighted by molar-refractivity contribution is 0.0765. The molecule has 0 aromatic carbocycles. The third-order valence-electron chi connectivity index (χ3n) is 2.74. The number of hydrogen-bond donors (Lipinski definition) is 1. The highest BCUT2D eigenvalue weighted by Gasteiger charge is 2.17. The van der Waals surface area contributed by atoms with Gasteiger partial charge in [-0.15, -0.1) is 0 Å². The molecule has 100 valence electrons. The highest BCUT2D eigenvalue weighted by Crippen LogP contribution is 2.14. The molecule has 0 atom stereocenters. The van der Waals surface area contributed by atoms with Crippen LogP contribution in [0, 0.1) is 0 Å². The van der Waals surface area contributed by atoms with Crippen LogP contribution in [0.2, 0.25) is 0 Å². The third-order valence-corrected chi connectivity index (χ3v) is 2.74. The fraction of sp³-hybridized carbons (Fsp3) is 0.571. The Morgan fingerprint density at radius 3 is 2.72 bits per heavy atom. The van der Waals surface area contributed by atoms with Crippen LogP contribution in [0.4, 0.5) is 5.82 Å². The fourth-order valence-electron chi connectivity index (χ4n) is 1.81. The first-order chi connectivity index (χ1) is 8.74. The van der Waals surface area contributed by atoms with Gasteiger partial charge in [0.25, 0.3) is 5.91 Å². The molecule has 1 rings (SSSR count). The van der Waals surface area contributed by atoms with E-state index in [0.717, 1.165) is 32.5 Å². The summed E-state index contributed by atoms with van der Waals surface area (Å²) in [6.07, 6.45) is 3.69. The zero-order chi connectivity index (χ0) is 13.4. The molecule has 4 nitrogen and oxygen atoms in total. The van der Waals surface area contributed by atoms with E-state index in [2.05, 4.69) is 24.1 Å². The van der Waals surface area contributed by atoms with Crippen molar-refractivity contribution in [3.8, 4) is 0 Å². The zero-order valence-electron chi connectivity index (χ0n) is 11.6. The van der Waals surface area contributed by atoms with E-state index in [1.807, 2.05) is 24.0 Å². The van der Waals surface area contributed by atoms with Crippen molar-refractivity contribution in [2.24, 2.45) is 0 Å². The van der Waals surface area contributed by atoms with E-state index in [-0.39, 0.29) is 5.91 Å². The van der Waals surface area contributed by atoms with Gasteiger partial charge >= 0.3 is 0 Å². The Kier molecular flexibility index (Phi) is 6.19. The van der Waals surface area contributed by atoms with E-state index in [1.54, 1.807) is 6.20 Å². The van der Waals surface area contributed by atoms with Crippen molar-refractivity contribution in [1.82, 2.24) is 9.88 Å². The van der Waals surface area contributed by atoms with Gasteiger partial charge in [-0.2, -0.15) is 0 Å². The van der Waals surface area contributed by atoms with Crippen molar-refractivity contribution in [3.63, 3.8) is 0 Å². The van der Waals surface area contributed by atoms with Crippen molar-refractivity contribution in [2.75, 3.05) is 25.0 Å². The molecule has 0 saturated heterocycles. The summed E-state index contributed by atoms with van der Waals surface area (Å²) in [6.45, 7) is 8.52. The van der Waals surface area contributed by atoms with Gasteiger partial charge in [0.15, 0.2) is 0 Å². The Morgan fingerprint density at radius 2 is 2.11 bits per heavy atom. The molecule has 18 heavy (non-hydrogen) atoms. The van der Waals surface area contributed by atoms with Crippen molar-refractivity contribution in [1.29, 1.82) is 0 Å². The van der Waals surface area contributed by atoms with Gasteiger partial charge in [-0.25, -0.2) is 4.98 Å². The summed E-state index contributed by atoms with van der Waals surface area (Å²) in [7, 11) is 0. The number of hydrogen-bond acceptors (Lipinski definition) is 3. The van der Waals surface area contributed by atoms with Crippen molar-refractivity contribution in [2.45, 2.75) is 33.6 Å². The standard InChI is InChI=1S/C14H23N3O/c1-4-9-15-13-12(8-7-10-16-13)14(18)17(6-3)11-5-2/h7-8,10H,4-6,9,11H2,1-3H3,(H,15,16). The van der Waals surface area contributed by atoms with E-state index >= 15 is 0 Å². The number of aromatic nitrogens is 1. The lowest BCUT2D eigenvalue weighted by atomic mass is 10.2. The van der Waals surface area contributed by atoms with Gasteiger partial charge in [0.1, 0.15) is 5.82 Å². The normalized spacial score (nSPS) is 10.2. The minimum atomic E-state index is 0.0612. The summed E-state index contributed by atoms with van der Waals surface area (Å²) < 4.78 is 0. The Morgan fingerprint density at radius 1 is 1.33 bits per heavy atom. The maximum absolute atomic E-state index is 12.4. The Hall–Kier alpha value is -1.58. The molecule has 1 N–H and O–H groups in total. The summed E-state index contributed by atoms with van der Waals surface area (Å²) in [5.41, 5.74) is 0.668. The van der Waals surface area contributed by atoms with Crippen LogP contribution < -0.4 is 5.32 Å². The Labute approximate surface area is 109 Å². The molecule has 0 bridgehead atoms. The molecule has 0 fully saturated rings. The largest absolute Gasteiger partial charge is 0.369 e. The lowest BCUT2D eigenvalue weighted by Gasteiger charge is -2.21. The highest BCUT2D eigenvalue weighted by molar-refractivity contribution is 5.98. The average molecular weight is 249 g/mol. The monoisotopic (exact) mass is 249 g/mol. The summed E-state index contributed by atoms with van der Waals surface area (Å²) in [5.74, 6) is 0.755. The maximum Gasteiger partial charge on any atom is 0.257 e. The molecule has 0 aliphatic rings. The van der Waals surface area contributed by atoms with E-state index in [1.165, 1.54) is 0 Å². The quantitative estimate of drug-likeness (QED) is 0.808. The molecule has 1 heterocycles. The maximum atomic E-state index is 12.4. The van der Waals surface area contributed by atoms with Gasteiger partial charge in [0.05, 0.1) is 5.56 Å². The highest BCUT2D eigenvalue weighted by atomic mass is 16.2. The summed E-state index contributed by atoms with van der Waals surface area (Å²) >= 11 is 0. The number of anilines is 1. The first kappa shape index (κ1) is 14.5. The zero-order valence-corrected chi connectivity index (χ0v) is 11.6. The number of carbonyl (C=O) groups is 1. The second kappa shape index (κ2) is 7.69. The predicted octanol–water partition coefficient (Wildman–Crippen LogP) is 2.78. The molecule has 4 heteroatoms.